The molecule has 0 aromatic rings. The van der Waals surface area contributed by atoms with Crippen molar-refractivity contribution in [3.8, 4) is 0 Å². The normalized spacial score (nSPS) is 13.1. The van der Waals surface area contributed by atoms with Crippen molar-refractivity contribution in [1.82, 2.24) is 15.5 Å². The van der Waals surface area contributed by atoms with Gasteiger partial charge >= 0.3 is 5.97 Å². The number of aliphatic hydroxyl groups excluding tert-OH is 2. The van der Waals surface area contributed by atoms with Crippen molar-refractivity contribution in [2.75, 3.05) is 57.5 Å². The van der Waals surface area contributed by atoms with E-state index in [0.717, 1.165) is 57.8 Å². The number of thioether (sulfide) groups is 1. The van der Waals surface area contributed by atoms with Crippen LogP contribution in [0.15, 0.2) is 0 Å². The predicted octanol–water partition coefficient (Wildman–Crippen LogP) is 9.60. The minimum atomic E-state index is -0.658. The van der Waals surface area contributed by atoms with Crippen LogP contribution in [0.1, 0.15) is 195 Å². The first kappa shape index (κ1) is 53.6. The highest BCUT2D eigenvalue weighted by atomic mass is 32.2. The first-order chi connectivity index (χ1) is 26.9. The molecule has 0 aliphatic rings. The molecule has 0 aliphatic heterocycles. The first-order valence-electron chi connectivity index (χ1n) is 23.1. The van der Waals surface area contributed by atoms with Crippen LogP contribution in [0.2, 0.25) is 0 Å². The van der Waals surface area contributed by atoms with Crippen molar-refractivity contribution >= 4 is 29.5 Å². The summed E-state index contributed by atoms with van der Waals surface area (Å²) < 4.78 is 5.80. The lowest BCUT2D eigenvalue weighted by Crippen LogP contribution is -2.50. The van der Waals surface area contributed by atoms with E-state index in [4.69, 9.17) is 4.74 Å². The molecule has 0 spiro atoms. The highest BCUT2D eigenvalue weighted by Gasteiger charge is 2.25. The second-order valence-electron chi connectivity index (χ2n) is 15.8. The number of hydrogen-bond acceptors (Lipinski definition) is 8. The zero-order valence-corrected chi connectivity index (χ0v) is 37.2. The van der Waals surface area contributed by atoms with Crippen molar-refractivity contribution in [2.24, 2.45) is 11.8 Å². The molecule has 0 aromatic heterocycles. The minimum Gasteiger partial charge on any atom is -0.465 e. The molecule has 3 atom stereocenters. The highest BCUT2D eigenvalue weighted by Crippen LogP contribution is 2.22. The molecule has 9 nitrogen and oxygen atoms in total. The third-order valence-corrected chi connectivity index (χ3v) is 11.8. The number of esters is 1. The van der Waals surface area contributed by atoms with Crippen molar-refractivity contribution in [3.63, 3.8) is 0 Å². The monoisotopic (exact) mass is 800 g/mol. The molecule has 0 heterocycles. The van der Waals surface area contributed by atoms with Crippen LogP contribution in [0, 0.1) is 11.8 Å². The Bertz CT molecular complexity index is 876. The molecule has 0 saturated heterocycles. The minimum absolute atomic E-state index is 0.0194. The molecule has 0 radical (unpaired) electrons. The number of nitrogens with zero attached hydrogens (tertiary/aromatic N) is 1. The fourth-order valence-electron chi connectivity index (χ4n) is 7.16. The Labute approximate surface area is 343 Å². The van der Waals surface area contributed by atoms with Gasteiger partial charge in [0.15, 0.2) is 0 Å². The molecule has 0 saturated carbocycles. The summed E-state index contributed by atoms with van der Waals surface area (Å²) in [7, 11) is 0. The molecule has 0 aliphatic carbocycles. The number of unbranched alkanes of at least 4 members (excludes halogenated alkanes) is 16. The number of amides is 2. The molecule has 2 amide bonds. The van der Waals surface area contributed by atoms with Crippen molar-refractivity contribution in [1.29, 1.82) is 0 Å². The van der Waals surface area contributed by atoms with E-state index in [2.05, 4.69) is 38.3 Å². The van der Waals surface area contributed by atoms with Gasteiger partial charge in [-0.25, -0.2) is 0 Å². The van der Waals surface area contributed by atoms with Crippen molar-refractivity contribution in [2.45, 2.75) is 201 Å². The maximum atomic E-state index is 13.7. The summed E-state index contributed by atoms with van der Waals surface area (Å²) in [4.78, 5) is 41.9. The molecule has 0 aromatic carbocycles. The summed E-state index contributed by atoms with van der Waals surface area (Å²) in [5.41, 5.74) is 0. The van der Waals surface area contributed by atoms with Crippen molar-refractivity contribution < 1.29 is 29.3 Å². The Morgan fingerprint density at radius 1 is 0.582 bits per heavy atom. The van der Waals surface area contributed by atoms with Crippen LogP contribution in [0.4, 0.5) is 0 Å². The molecule has 326 valence electrons. The van der Waals surface area contributed by atoms with E-state index >= 15 is 0 Å². The standard InChI is InChI=1S/C45H89N3O6S/c1-5-9-13-17-19-22-26-40(25-21-15-11-7-3)39-54-43(51)30-38-55-37-29-42(45(53)46-31-32-48(33-35-49)34-36-50)47-44(52)41(27-23-16-12-8-4)28-24-20-18-14-10-6-2/h40-42,49-50H,5-39H2,1-4H3,(H,46,53)(H,47,52). The van der Waals surface area contributed by atoms with Crippen LogP contribution in [0.3, 0.4) is 0 Å². The van der Waals surface area contributed by atoms with Crippen LogP contribution in [-0.4, -0.2) is 96.4 Å². The fourth-order valence-corrected chi connectivity index (χ4v) is 8.08. The van der Waals surface area contributed by atoms with Gasteiger partial charge in [0, 0.05) is 37.8 Å². The lowest BCUT2D eigenvalue weighted by molar-refractivity contribution is -0.144. The summed E-state index contributed by atoms with van der Waals surface area (Å²) in [5, 5.41) is 24.9. The van der Waals surface area contributed by atoms with E-state index < -0.39 is 6.04 Å². The Kier molecular flexibility index (Phi) is 39.8. The third kappa shape index (κ3) is 33.3. The Morgan fingerprint density at radius 2 is 1.05 bits per heavy atom. The van der Waals surface area contributed by atoms with E-state index in [0.29, 0.717) is 63.1 Å². The van der Waals surface area contributed by atoms with Crippen LogP contribution in [-0.2, 0) is 19.1 Å². The van der Waals surface area contributed by atoms with Crippen LogP contribution >= 0.6 is 11.8 Å². The summed E-state index contributed by atoms with van der Waals surface area (Å²) in [6.07, 6.45) is 28.9. The van der Waals surface area contributed by atoms with Crippen LogP contribution < -0.4 is 10.6 Å². The molecular weight excluding hydrogens is 711 g/mol. The van der Waals surface area contributed by atoms with E-state index in [1.807, 2.05) is 4.90 Å². The number of rotatable bonds is 42. The van der Waals surface area contributed by atoms with Gasteiger partial charge in [-0.05, 0) is 43.8 Å². The van der Waals surface area contributed by atoms with Crippen molar-refractivity contribution in [3.05, 3.63) is 0 Å². The molecular formula is C45H89N3O6S. The van der Waals surface area contributed by atoms with Gasteiger partial charge in [0.25, 0.3) is 0 Å². The number of hydrogen-bond donors (Lipinski definition) is 4. The number of nitrogens with one attached hydrogen (secondary N) is 2. The predicted molar refractivity (Wildman–Crippen MR) is 234 cm³/mol. The van der Waals surface area contributed by atoms with Gasteiger partial charge in [-0.3, -0.25) is 19.3 Å². The molecule has 0 rings (SSSR count). The van der Waals surface area contributed by atoms with Gasteiger partial charge in [0.05, 0.1) is 26.2 Å². The zero-order chi connectivity index (χ0) is 40.6. The molecule has 10 heteroatoms. The largest absolute Gasteiger partial charge is 0.465 e. The average molecular weight is 800 g/mol. The number of carbonyl (C=O) groups is 3. The van der Waals surface area contributed by atoms with Gasteiger partial charge in [-0.2, -0.15) is 11.8 Å². The fraction of sp³-hybridized carbons (Fsp3) is 0.933. The molecule has 4 N–H and O–H groups in total. The number of carbonyl (C=O) groups excluding carboxylic acids is 3. The zero-order valence-electron chi connectivity index (χ0n) is 36.4. The summed E-state index contributed by atoms with van der Waals surface area (Å²) in [6.45, 7) is 11.1. The lowest BCUT2D eigenvalue weighted by Gasteiger charge is -2.24. The maximum absolute atomic E-state index is 13.7. The van der Waals surface area contributed by atoms with E-state index in [1.165, 1.54) is 96.3 Å². The Hall–Kier alpha value is -1.36. The second-order valence-corrected chi connectivity index (χ2v) is 17.1. The number of aliphatic hydroxyl groups is 2. The van der Waals surface area contributed by atoms with E-state index in [9.17, 15) is 24.6 Å². The molecule has 3 unspecified atom stereocenters. The summed E-state index contributed by atoms with van der Waals surface area (Å²) in [6, 6.07) is -0.658. The smallest absolute Gasteiger partial charge is 0.306 e. The lowest BCUT2D eigenvalue weighted by atomic mass is 9.93. The Balaban J connectivity index is 5.20. The maximum Gasteiger partial charge on any atom is 0.306 e. The second kappa shape index (κ2) is 40.8. The van der Waals surface area contributed by atoms with Crippen LogP contribution in [0.5, 0.6) is 0 Å². The third-order valence-electron chi connectivity index (χ3n) is 10.8. The molecule has 0 bridgehead atoms. The van der Waals surface area contributed by atoms with Crippen LogP contribution in [0.25, 0.3) is 0 Å². The molecule has 0 fully saturated rings. The summed E-state index contributed by atoms with van der Waals surface area (Å²) in [5.74, 6) is 1.23. The number of ether oxygens (including phenoxy) is 1. The van der Waals surface area contributed by atoms with E-state index in [-0.39, 0.29) is 36.9 Å². The van der Waals surface area contributed by atoms with Gasteiger partial charge in [0.1, 0.15) is 6.04 Å². The van der Waals surface area contributed by atoms with Gasteiger partial charge in [-0.1, -0.05) is 156 Å². The molecule has 55 heavy (non-hydrogen) atoms. The average Bonchev–Trinajstić information content (AvgIpc) is 3.18. The van der Waals surface area contributed by atoms with Gasteiger partial charge in [-0.15, -0.1) is 0 Å². The highest BCUT2D eigenvalue weighted by molar-refractivity contribution is 7.99. The topological polar surface area (TPSA) is 128 Å². The summed E-state index contributed by atoms with van der Waals surface area (Å²) >= 11 is 1.63. The Morgan fingerprint density at radius 3 is 1.56 bits per heavy atom. The van der Waals surface area contributed by atoms with Gasteiger partial charge in [0.2, 0.25) is 11.8 Å². The van der Waals surface area contributed by atoms with E-state index in [1.54, 1.807) is 11.8 Å². The SMILES string of the molecule is CCCCCCCCC(CCCCCC)COC(=O)CCSCCC(NC(=O)C(CCCCCC)CCCCCCCC)C(=O)NCCN(CCO)CCO. The quantitative estimate of drug-likeness (QED) is 0.0355. The van der Waals surface area contributed by atoms with Gasteiger partial charge < -0.3 is 25.6 Å². The first-order valence-corrected chi connectivity index (χ1v) is 24.3.